The Bertz CT molecular complexity index is 1240. The average molecular weight is 388 g/mol. The molecule has 0 saturated carbocycles. The van der Waals surface area contributed by atoms with E-state index in [1.165, 1.54) is 15.6 Å². The zero-order valence-corrected chi connectivity index (χ0v) is 15.1. The van der Waals surface area contributed by atoms with Gasteiger partial charge in [0.1, 0.15) is 17.4 Å². The summed E-state index contributed by atoms with van der Waals surface area (Å²) in [6.45, 7) is 0.243. The van der Waals surface area contributed by atoms with Crippen LogP contribution in [0.2, 0.25) is 0 Å². The van der Waals surface area contributed by atoms with Gasteiger partial charge >= 0.3 is 5.76 Å². The van der Waals surface area contributed by atoms with E-state index in [1.54, 1.807) is 32.3 Å². The number of nitrogens with zero attached hydrogens (tertiary/aromatic N) is 5. The molecule has 3 aromatic heterocycles. The van der Waals surface area contributed by atoms with E-state index in [-0.39, 0.29) is 12.2 Å². The van der Waals surface area contributed by atoms with E-state index in [0.717, 1.165) is 5.56 Å². The molecule has 0 atom stereocenters. The number of amides is 1. The first-order chi connectivity index (χ1) is 13.0. The standard InChI is InChI=1S/C16H14ClN7O3/c1-23-9-5-8(3-4-10(9)27-16(23)26)6-18-15(25)13-11-12(19-7-20-13)14(21-17)24(2)22-11/h3-5,7,21H,6H2,1-2H3,(H,18,25). The van der Waals surface area contributed by atoms with Crippen LogP contribution in [0.15, 0.2) is 33.7 Å². The van der Waals surface area contributed by atoms with Crippen LogP contribution in [0.1, 0.15) is 16.1 Å². The van der Waals surface area contributed by atoms with E-state index in [9.17, 15) is 9.59 Å². The van der Waals surface area contributed by atoms with Crippen molar-refractivity contribution >= 4 is 45.6 Å². The van der Waals surface area contributed by atoms with Crippen molar-refractivity contribution in [3.05, 3.63) is 46.3 Å². The zero-order chi connectivity index (χ0) is 19.1. The maximum atomic E-state index is 12.6. The Kier molecular flexibility index (Phi) is 4.04. The number of aromatic nitrogens is 5. The van der Waals surface area contributed by atoms with Crippen molar-refractivity contribution in [2.45, 2.75) is 6.54 Å². The summed E-state index contributed by atoms with van der Waals surface area (Å²) < 4.78 is 7.99. The molecule has 0 bridgehead atoms. The Morgan fingerprint density at radius 3 is 2.85 bits per heavy atom. The highest BCUT2D eigenvalue weighted by atomic mass is 35.5. The van der Waals surface area contributed by atoms with E-state index in [2.05, 4.69) is 25.2 Å². The predicted molar refractivity (Wildman–Crippen MR) is 98.4 cm³/mol. The first-order valence-corrected chi connectivity index (χ1v) is 8.28. The summed E-state index contributed by atoms with van der Waals surface area (Å²) in [7, 11) is 3.30. The molecule has 11 heteroatoms. The quantitative estimate of drug-likeness (QED) is 0.506. The van der Waals surface area contributed by atoms with Crippen molar-refractivity contribution in [3.8, 4) is 0 Å². The van der Waals surface area contributed by atoms with Gasteiger partial charge in [0.15, 0.2) is 17.1 Å². The second-order valence-electron chi connectivity index (χ2n) is 5.90. The topological polar surface area (TPSA) is 120 Å². The molecule has 10 nitrogen and oxygen atoms in total. The lowest BCUT2D eigenvalue weighted by Crippen LogP contribution is -2.24. The van der Waals surface area contributed by atoms with E-state index >= 15 is 0 Å². The van der Waals surface area contributed by atoms with Crippen molar-refractivity contribution in [1.29, 1.82) is 0 Å². The molecular weight excluding hydrogens is 374 g/mol. The molecule has 0 radical (unpaired) electrons. The first kappa shape index (κ1) is 17.0. The van der Waals surface area contributed by atoms with Crippen LogP contribution in [0.25, 0.3) is 22.1 Å². The van der Waals surface area contributed by atoms with Crippen molar-refractivity contribution < 1.29 is 9.21 Å². The smallest absolute Gasteiger partial charge is 0.408 e. The van der Waals surface area contributed by atoms with Gasteiger partial charge in [0, 0.05) is 32.4 Å². The van der Waals surface area contributed by atoms with Crippen LogP contribution in [0, 0.1) is 0 Å². The SMILES string of the molecule is Cn1nc2c(C(=O)NCc3ccc4oc(=O)n(C)c4c3)ncnc2c1NCl. The molecule has 1 aromatic carbocycles. The Morgan fingerprint density at radius 1 is 1.26 bits per heavy atom. The van der Waals surface area contributed by atoms with Gasteiger partial charge in [-0.25, -0.2) is 19.4 Å². The number of oxazole rings is 1. The van der Waals surface area contributed by atoms with Crippen molar-refractivity contribution in [3.63, 3.8) is 0 Å². The highest BCUT2D eigenvalue weighted by molar-refractivity contribution is 6.25. The lowest BCUT2D eigenvalue weighted by Gasteiger charge is -2.05. The maximum absolute atomic E-state index is 12.6. The van der Waals surface area contributed by atoms with Gasteiger partial charge in [-0.3, -0.25) is 14.2 Å². The molecule has 27 heavy (non-hydrogen) atoms. The summed E-state index contributed by atoms with van der Waals surface area (Å²) in [5, 5.41) is 7.04. The number of hydrogen-bond donors (Lipinski definition) is 2. The number of rotatable bonds is 4. The zero-order valence-electron chi connectivity index (χ0n) is 14.4. The van der Waals surface area contributed by atoms with Crippen LogP contribution < -0.4 is 15.9 Å². The first-order valence-electron chi connectivity index (χ1n) is 7.90. The van der Waals surface area contributed by atoms with E-state index < -0.39 is 11.7 Å². The average Bonchev–Trinajstić information content (AvgIpc) is 3.14. The van der Waals surface area contributed by atoms with Gasteiger partial charge in [-0.15, -0.1) is 0 Å². The largest absolute Gasteiger partial charge is 0.419 e. The highest BCUT2D eigenvalue weighted by Gasteiger charge is 2.19. The van der Waals surface area contributed by atoms with Crippen LogP contribution in [-0.2, 0) is 20.6 Å². The lowest BCUT2D eigenvalue weighted by molar-refractivity contribution is 0.0947. The normalized spacial score (nSPS) is 11.2. The van der Waals surface area contributed by atoms with Gasteiger partial charge in [0.25, 0.3) is 5.91 Å². The lowest BCUT2D eigenvalue weighted by atomic mass is 10.2. The van der Waals surface area contributed by atoms with E-state index in [0.29, 0.717) is 28.0 Å². The minimum Gasteiger partial charge on any atom is -0.408 e. The molecule has 0 spiro atoms. The van der Waals surface area contributed by atoms with Crippen LogP contribution in [0.3, 0.4) is 0 Å². The van der Waals surface area contributed by atoms with Crippen LogP contribution in [0.5, 0.6) is 0 Å². The molecule has 1 amide bonds. The van der Waals surface area contributed by atoms with Crippen molar-refractivity contribution in [2.24, 2.45) is 14.1 Å². The fourth-order valence-corrected chi connectivity index (χ4v) is 3.03. The van der Waals surface area contributed by atoms with Gasteiger partial charge < -0.3 is 9.73 Å². The number of anilines is 1. The highest BCUT2D eigenvalue weighted by Crippen LogP contribution is 2.22. The third kappa shape index (κ3) is 2.79. The van der Waals surface area contributed by atoms with Gasteiger partial charge in [-0.2, -0.15) is 5.10 Å². The number of nitrogens with one attached hydrogen (secondary N) is 2. The molecule has 0 aliphatic rings. The Balaban J connectivity index is 1.61. The summed E-state index contributed by atoms with van der Waals surface area (Å²) in [6, 6.07) is 5.25. The molecule has 0 aliphatic heterocycles. The minimum absolute atomic E-state index is 0.144. The van der Waals surface area contributed by atoms with Gasteiger partial charge in [0.2, 0.25) is 0 Å². The number of carbonyl (C=O) groups is 1. The molecule has 0 saturated heterocycles. The second kappa shape index (κ2) is 6.40. The molecule has 4 rings (SSSR count). The van der Waals surface area contributed by atoms with E-state index in [1.807, 2.05) is 0 Å². The molecular formula is C16H14ClN7O3. The summed E-state index contributed by atoms with van der Waals surface area (Å²) in [5.41, 5.74) is 2.88. The summed E-state index contributed by atoms with van der Waals surface area (Å²) >= 11 is 5.68. The predicted octanol–water partition coefficient (Wildman–Crippen LogP) is 1.30. The van der Waals surface area contributed by atoms with Crippen molar-refractivity contribution in [1.82, 2.24) is 29.6 Å². The van der Waals surface area contributed by atoms with Gasteiger partial charge in [0.05, 0.1) is 5.52 Å². The molecule has 0 unspecified atom stereocenters. The fraction of sp³-hybridized carbons (Fsp3) is 0.188. The summed E-state index contributed by atoms with van der Waals surface area (Å²) in [4.78, 5) is 34.8. The Labute approximate surface area is 156 Å². The molecule has 138 valence electrons. The Morgan fingerprint density at radius 2 is 2.07 bits per heavy atom. The maximum Gasteiger partial charge on any atom is 0.419 e. The molecule has 4 aromatic rings. The van der Waals surface area contributed by atoms with Crippen LogP contribution in [0.4, 0.5) is 5.82 Å². The molecule has 0 fully saturated rings. The van der Waals surface area contributed by atoms with Crippen LogP contribution >= 0.6 is 11.8 Å². The Hall–Kier alpha value is -3.40. The fourth-order valence-electron chi connectivity index (χ4n) is 2.82. The molecule has 2 N–H and O–H groups in total. The number of aryl methyl sites for hydroxylation is 2. The van der Waals surface area contributed by atoms with Crippen molar-refractivity contribution in [2.75, 3.05) is 4.84 Å². The number of carbonyl (C=O) groups excluding carboxylic acids is 1. The summed E-state index contributed by atoms with van der Waals surface area (Å²) in [6.07, 6.45) is 1.28. The number of fused-ring (bicyclic) bond motifs is 2. The minimum atomic E-state index is -0.437. The van der Waals surface area contributed by atoms with Gasteiger partial charge in [-0.05, 0) is 17.7 Å². The van der Waals surface area contributed by atoms with Gasteiger partial charge in [-0.1, -0.05) is 6.07 Å². The third-order valence-electron chi connectivity index (χ3n) is 4.23. The monoisotopic (exact) mass is 387 g/mol. The summed E-state index contributed by atoms with van der Waals surface area (Å²) in [5.74, 6) is -0.370. The van der Waals surface area contributed by atoms with Crippen LogP contribution in [-0.4, -0.2) is 30.2 Å². The second-order valence-corrected chi connectivity index (χ2v) is 6.09. The van der Waals surface area contributed by atoms with E-state index in [4.69, 9.17) is 16.2 Å². The third-order valence-corrected chi connectivity index (χ3v) is 4.41. The number of halogens is 1. The molecule has 3 heterocycles. The molecule has 0 aliphatic carbocycles. The number of benzene rings is 1. The number of hydrogen-bond acceptors (Lipinski definition) is 7.